The first-order valence-electron chi connectivity index (χ1n) is 6.60. The largest absolute Gasteiger partial charge is 0.359 e. The lowest BCUT2D eigenvalue weighted by molar-refractivity contribution is -0.120. The molecule has 20 heavy (non-hydrogen) atoms. The van der Waals surface area contributed by atoms with E-state index in [2.05, 4.69) is 10.6 Å². The van der Waals surface area contributed by atoms with Gasteiger partial charge in [-0.3, -0.25) is 9.59 Å². The minimum atomic E-state index is -0.615. The fourth-order valence-electron chi connectivity index (χ4n) is 1.66. The maximum Gasteiger partial charge on any atom is 0.241 e. The van der Waals surface area contributed by atoms with Gasteiger partial charge < -0.3 is 16.4 Å². The zero-order chi connectivity index (χ0) is 15.3. The Hall–Kier alpha value is -1.88. The quantitative estimate of drug-likeness (QED) is 0.775. The van der Waals surface area contributed by atoms with Gasteiger partial charge in [0.25, 0.3) is 0 Å². The van der Waals surface area contributed by atoms with Crippen molar-refractivity contribution in [2.45, 2.75) is 33.2 Å². The Bertz CT molecular complexity index is 492. The van der Waals surface area contributed by atoms with Gasteiger partial charge in [-0.1, -0.05) is 39.0 Å². The summed E-state index contributed by atoms with van der Waals surface area (Å²) in [5.41, 5.74) is 7.00. The molecule has 0 saturated heterocycles. The van der Waals surface area contributed by atoms with Crippen molar-refractivity contribution in [3.63, 3.8) is 0 Å². The molecule has 0 aliphatic carbocycles. The van der Waals surface area contributed by atoms with Crippen LogP contribution in [0, 0.1) is 5.41 Å². The summed E-state index contributed by atoms with van der Waals surface area (Å²) < 4.78 is 0. The van der Waals surface area contributed by atoms with Crippen LogP contribution in [0.2, 0.25) is 0 Å². The lowest BCUT2D eigenvalue weighted by atomic mass is 9.87. The molecule has 2 amide bonds. The smallest absolute Gasteiger partial charge is 0.241 e. The third kappa shape index (κ3) is 4.35. The van der Waals surface area contributed by atoms with E-state index in [1.54, 1.807) is 13.1 Å². The van der Waals surface area contributed by atoms with Gasteiger partial charge in [-0.25, -0.2) is 0 Å². The Balaban J connectivity index is 2.87. The predicted molar refractivity (Wildman–Crippen MR) is 80.3 cm³/mol. The highest BCUT2D eigenvalue weighted by Crippen LogP contribution is 2.21. The van der Waals surface area contributed by atoms with Gasteiger partial charge in [0, 0.05) is 12.7 Å². The molecule has 110 valence electrons. The van der Waals surface area contributed by atoms with Gasteiger partial charge in [0.2, 0.25) is 11.8 Å². The second-order valence-corrected chi connectivity index (χ2v) is 5.84. The van der Waals surface area contributed by atoms with Crippen LogP contribution in [-0.2, 0) is 16.0 Å². The lowest BCUT2D eigenvalue weighted by Gasteiger charge is -2.26. The number of para-hydroxylation sites is 1. The molecule has 4 N–H and O–H groups in total. The number of hydrogen-bond donors (Lipinski definition) is 3. The SMILES string of the molecule is CNC(=O)Cc1ccccc1NC(=O)[C@H](N)C(C)(C)C. The summed E-state index contributed by atoms with van der Waals surface area (Å²) in [6.07, 6.45) is 0.220. The van der Waals surface area contributed by atoms with Crippen molar-refractivity contribution >= 4 is 17.5 Å². The average Bonchev–Trinajstić information content (AvgIpc) is 2.38. The Morgan fingerprint density at radius 3 is 2.40 bits per heavy atom. The molecule has 0 aliphatic rings. The topological polar surface area (TPSA) is 84.2 Å². The van der Waals surface area contributed by atoms with E-state index in [4.69, 9.17) is 5.73 Å². The molecule has 0 aromatic heterocycles. The minimum absolute atomic E-state index is 0.105. The molecule has 0 heterocycles. The highest BCUT2D eigenvalue weighted by molar-refractivity contribution is 5.96. The van der Waals surface area contributed by atoms with Gasteiger partial charge in [-0.2, -0.15) is 0 Å². The predicted octanol–water partition coefficient (Wildman–Crippen LogP) is 1.29. The van der Waals surface area contributed by atoms with E-state index in [9.17, 15) is 9.59 Å². The first-order valence-corrected chi connectivity index (χ1v) is 6.60. The summed E-state index contributed by atoms with van der Waals surface area (Å²) in [5.74, 6) is -0.353. The summed E-state index contributed by atoms with van der Waals surface area (Å²) in [6.45, 7) is 5.73. The summed E-state index contributed by atoms with van der Waals surface area (Å²) in [6, 6.07) is 6.61. The maximum absolute atomic E-state index is 12.1. The Labute approximate surface area is 119 Å². The molecule has 0 spiro atoms. The van der Waals surface area contributed by atoms with E-state index < -0.39 is 6.04 Å². The summed E-state index contributed by atoms with van der Waals surface area (Å²) in [7, 11) is 1.58. The highest BCUT2D eigenvalue weighted by Gasteiger charge is 2.27. The summed E-state index contributed by atoms with van der Waals surface area (Å²) in [4.78, 5) is 23.6. The molecule has 5 nitrogen and oxygen atoms in total. The molecule has 0 unspecified atom stereocenters. The van der Waals surface area contributed by atoms with Crippen LogP contribution in [-0.4, -0.2) is 24.9 Å². The molecule has 0 fully saturated rings. The standard InChI is InChI=1S/C15H23N3O2/c1-15(2,3)13(16)14(20)18-11-8-6-5-7-10(11)9-12(19)17-4/h5-8,13H,9,16H2,1-4H3,(H,17,19)(H,18,20)/t13-/m0/s1. The van der Waals surface area contributed by atoms with E-state index in [1.807, 2.05) is 39.0 Å². The first-order chi connectivity index (χ1) is 9.25. The average molecular weight is 277 g/mol. The number of likely N-dealkylation sites (N-methyl/N-ethyl adjacent to an activating group) is 1. The Kier molecular flexibility index (Phi) is 5.27. The van der Waals surface area contributed by atoms with Crippen molar-refractivity contribution in [2.75, 3.05) is 12.4 Å². The van der Waals surface area contributed by atoms with Crippen LogP contribution in [0.3, 0.4) is 0 Å². The van der Waals surface area contributed by atoms with Crippen LogP contribution >= 0.6 is 0 Å². The number of rotatable bonds is 4. The molecule has 1 aromatic rings. The van der Waals surface area contributed by atoms with Crippen LogP contribution in [0.15, 0.2) is 24.3 Å². The summed E-state index contributed by atoms with van der Waals surface area (Å²) in [5, 5.41) is 5.37. The lowest BCUT2D eigenvalue weighted by Crippen LogP contribution is -2.45. The van der Waals surface area contributed by atoms with Crippen LogP contribution in [0.1, 0.15) is 26.3 Å². The summed E-state index contributed by atoms with van der Waals surface area (Å²) >= 11 is 0. The Morgan fingerprint density at radius 1 is 1.25 bits per heavy atom. The maximum atomic E-state index is 12.1. The van der Waals surface area contributed by atoms with Gasteiger partial charge in [-0.15, -0.1) is 0 Å². The number of carbonyl (C=O) groups is 2. The van der Waals surface area contributed by atoms with Gasteiger partial charge >= 0.3 is 0 Å². The molecule has 0 radical (unpaired) electrons. The van der Waals surface area contributed by atoms with Crippen molar-refractivity contribution in [2.24, 2.45) is 11.1 Å². The van der Waals surface area contributed by atoms with E-state index in [-0.39, 0.29) is 23.7 Å². The molecule has 1 rings (SSSR count). The number of nitrogens with two attached hydrogens (primary N) is 1. The van der Waals surface area contributed by atoms with E-state index in [1.165, 1.54) is 0 Å². The fraction of sp³-hybridized carbons (Fsp3) is 0.467. The van der Waals surface area contributed by atoms with E-state index in [0.29, 0.717) is 5.69 Å². The second kappa shape index (κ2) is 6.52. The van der Waals surface area contributed by atoms with Crippen LogP contribution < -0.4 is 16.4 Å². The van der Waals surface area contributed by atoms with Crippen molar-refractivity contribution < 1.29 is 9.59 Å². The van der Waals surface area contributed by atoms with E-state index in [0.717, 1.165) is 5.56 Å². The van der Waals surface area contributed by atoms with Gasteiger partial charge in [0.05, 0.1) is 12.5 Å². The van der Waals surface area contributed by atoms with E-state index >= 15 is 0 Å². The number of nitrogens with one attached hydrogen (secondary N) is 2. The normalized spacial score (nSPS) is 12.7. The molecule has 0 aliphatic heterocycles. The monoisotopic (exact) mass is 277 g/mol. The zero-order valence-electron chi connectivity index (χ0n) is 12.5. The van der Waals surface area contributed by atoms with Gasteiger partial charge in [-0.05, 0) is 17.0 Å². The van der Waals surface area contributed by atoms with Crippen molar-refractivity contribution in [3.8, 4) is 0 Å². The molecule has 1 aromatic carbocycles. The molecule has 0 bridgehead atoms. The number of amides is 2. The third-order valence-electron chi connectivity index (χ3n) is 3.12. The van der Waals surface area contributed by atoms with Crippen LogP contribution in [0.4, 0.5) is 5.69 Å². The van der Waals surface area contributed by atoms with Crippen LogP contribution in [0.5, 0.6) is 0 Å². The number of hydrogen-bond acceptors (Lipinski definition) is 3. The van der Waals surface area contributed by atoms with Crippen molar-refractivity contribution in [1.29, 1.82) is 0 Å². The third-order valence-corrected chi connectivity index (χ3v) is 3.12. The molecule has 1 atom stereocenters. The Morgan fingerprint density at radius 2 is 1.85 bits per heavy atom. The second-order valence-electron chi connectivity index (χ2n) is 5.84. The first kappa shape index (κ1) is 16.2. The number of benzene rings is 1. The van der Waals surface area contributed by atoms with Gasteiger partial charge in [0.15, 0.2) is 0 Å². The van der Waals surface area contributed by atoms with Crippen molar-refractivity contribution in [1.82, 2.24) is 5.32 Å². The minimum Gasteiger partial charge on any atom is -0.359 e. The molecule has 0 saturated carbocycles. The number of carbonyl (C=O) groups excluding carboxylic acids is 2. The molecular weight excluding hydrogens is 254 g/mol. The van der Waals surface area contributed by atoms with Crippen molar-refractivity contribution in [3.05, 3.63) is 29.8 Å². The fourth-order valence-corrected chi connectivity index (χ4v) is 1.66. The van der Waals surface area contributed by atoms with Crippen LogP contribution in [0.25, 0.3) is 0 Å². The number of anilines is 1. The van der Waals surface area contributed by atoms with Gasteiger partial charge in [0.1, 0.15) is 0 Å². The highest BCUT2D eigenvalue weighted by atomic mass is 16.2. The zero-order valence-corrected chi connectivity index (χ0v) is 12.5. The molecular formula is C15H23N3O2. The molecule has 5 heteroatoms.